The van der Waals surface area contributed by atoms with Gasteiger partial charge in [0.1, 0.15) is 18.3 Å². The normalized spacial score (nSPS) is 13.8. The van der Waals surface area contributed by atoms with Crippen LogP contribution in [-0.2, 0) is 0 Å². The van der Waals surface area contributed by atoms with Crippen molar-refractivity contribution < 1.29 is 28.0 Å². The van der Waals surface area contributed by atoms with Gasteiger partial charge in [-0.25, -0.2) is 0 Å². The van der Waals surface area contributed by atoms with Crippen LogP contribution in [0.3, 0.4) is 0 Å². The minimum Gasteiger partial charge on any atom is -0.492 e. The highest BCUT2D eigenvalue weighted by Gasteiger charge is 2.43. The van der Waals surface area contributed by atoms with Crippen molar-refractivity contribution in [3.05, 3.63) is 34.4 Å². The topological polar surface area (TPSA) is 111 Å². The summed E-state index contributed by atoms with van der Waals surface area (Å²) in [6.07, 6.45) is -4.74. The number of ether oxygens (including phenoxy) is 1. The molecule has 1 aromatic carbocycles. The summed E-state index contributed by atoms with van der Waals surface area (Å²) in [5.41, 5.74) is 4.72. The number of rotatable bonds is 5. The van der Waals surface area contributed by atoms with Crippen molar-refractivity contribution in [3.63, 3.8) is 0 Å². The number of hydrogen-bond donors (Lipinski definition) is 2. The maximum absolute atomic E-state index is 12.6. The van der Waals surface area contributed by atoms with Gasteiger partial charge >= 0.3 is 6.18 Å². The molecule has 7 nitrogen and oxygen atoms in total. The second-order valence-corrected chi connectivity index (χ2v) is 3.68. The van der Waals surface area contributed by atoms with E-state index in [1.807, 2.05) is 0 Å². The highest BCUT2D eigenvalue weighted by molar-refractivity contribution is 5.83. The lowest BCUT2D eigenvalue weighted by Gasteiger charge is -2.19. The predicted octanol–water partition coefficient (Wildman–Crippen LogP) is 1.90. The number of amidine groups is 1. The number of benzene rings is 1. The van der Waals surface area contributed by atoms with Crippen molar-refractivity contribution in [2.24, 2.45) is 16.8 Å². The van der Waals surface area contributed by atoms with Gasteiger partial charge in [-0.3, -0.25) is 10.1 Å². The molecule has 0 saturated carbocycles. The molecule has 0 saturated heterocycles. The second-order valence-electron chi connectivity index (χ2n) is 3.68. The van der Waals surface area contributed by atoms with Crippen molar-refractivity contribution in [1.82, 2.24) is 0 Å². The summed E-state index contributed by atoms with van der Waals surface area (Å²) in [5.74, 6) is -3.31. The van der Waals surface area contributed by atoms with Crippen LogP contribution >= 0.6 is 0 Å². The van der Waals surface area contributed by atoms with E-state index in [0.29, 0.717) is 0 Å². The van der Waals surface area contributed by atoms with Gasteiger partial charge in [0.15, 0.2) is 5.84 Å². The zero-order valence-electron chi connectivity index (χ0n) is 9.87. The highest BCUT2D eigenvalue weighted by atomic mass is 19.4. The Hall–Kier alpha value is -2.52. The summed E-state index contributed by atoms with van der Waals surface area (Å²) in [4.78, 5) is 9.74. The molecule has 110 valence electrons. The molecule has 20 heavy (non-hydrogen) atoms. The van der Waals surface area contributed by atoms with Crippen LogP contribution in [0.5, 0.6) is 5.75 Å². The first-order valence-corrected chi connectivity index (χ1v) is 5.17. The lowest BCUT2D eigenvalue weighted by molar-refractivity contribution is -0.384. The van der Waals surface area contributed by atoms with Gasteiger partial charge in [0.05, 0.1) is 4.92 Å². The smallest absolute Gasteiger partial charge is 0.402 e. The van der Waals surface area contributed by atoms with E-state index >= 15 is 0 Å². The van der Waals surface area contributed by atoms with Crippen LogP contribution in [0.1, 0.15) is 0 Å². The Bertz CT molecular complexity index is 501. The minimum atomic E-state index is -4.74. The van der Waals surface area contributed by atoms with Gasteiger partial charge in [-0.1, -0.05) is 5.16 Å². The molecule has 0 aromatic heterocycles. The summed E-state index contributed by atoms with van der Waals surface area (Å²) in [6, 6.07) is 4.47. The Morgan fingerprint density at radius 2 is 2.00 bits per heavy atom. The molecule has 0 aliphatic carbocycles. The number of hydrogen-bond acceptors (Lipinski definition) is 5. The van der Waals surface area contributed by atoms with E-state index in [1.165, 1.54) is 0 Å². The third-order valence-electron chi connectivity index (χ3n) is 2.33. The summed E-state index contributed by atoms with van der Waals surface area (Å²) in [5, 5.41) is 21.0. The van der Waals surface area contributed by atoms with Crippen molar-refractivity contribution in [2.75, 3.05) is 6.61 Å². The van der Waals surface area contributed by atoms with Gasteiger partial charge in [-0.05, 0) is 12.1 Å². The van der Waals surface area contributed by atoms with Gasteiger partial charge in [0.2, 0.25) is 0 Å². The SMILES string of the molecule is N/C(=N/O)C(COc1ccc([N+](=O)[O-])cc1)C(F)(F)F. The first-order valence-electron chi connectivity index (χ1n) is 5.17. The summed E-state index contributed by atoms with van der Waals surface area (Å²) >= 11 is 0. The minimum absolute atomic E-state index is 0.00408. The highest BCUT2D eigenvalue weighted by Crippen LogP contribution is 2.27. The lowest BCUT2D eigenvalue weighted by Crippen LogP contribution is -2.40. The van der Waals surface area contributed by atoms with Crippen molar-refractivity contribution in [1.29, 1.82) is 0 Å². The number of oxime groups is 1. The number of nitro benzene ring substituents is 1. The summed E-state index contributed by atoms with van der Waals surface area (Å²) in [6.45, 7) is -0.906. The van der Waals surface area contributed by atoms with Gasteiger partial charge in [-0.15, -0.1) is 0 Å². The van der Waals surface area contributed by atoms with Gasteiger partial charge in [-0.2, -0.15) is 13.2 Å². The zero-order chi connectivity index (χ0) is 15.3. The summed E-state index contributed by atoms with van der Waals surface area (Å²) in [7, 11) is 0. The van der Waals surface area contributed by atoms with Gasteiger partial charge in [0, 0.05) is 12.1 Å². The van der Waals surface area contributed by atoms with Crippen LogP contribution in [0, 0.1) is 16.0 Å². The van der Waals surface area contributed by atoms with E-state index in [9.17, 15) is 23.3 Å². The average Bonchev–Trinajstić information content (AvgIpc) is 2.37. The van der Waals surface area contributed by atoms with Crippen LogP contribution < -0.4 is 10.5 Å². The monoisotopic (exact) mass is 293 g/mol. The molecule has 1 unspecified atom stereocenters. The van der Waals surface area contributed by atoms with Crippen LogP contribution in [0.2, 0.25) is 0 Å². The average molecular weight is 293 g/mol. The quantitative estimate of drug-likeness (QED) is 0.283. The van der Waals surface area contributed by atoms with E-state index in [1.54, 1.807) is 0 Å². The lowest BCUT2D eigenvalue weighted by atomic mass is 10.1. The fraction of sp³-hybridized carbons (Fsp3) is 0.300. The number of nitro groups is 1. The Morgan fingerprint density at radius 3 is 2.40 bits per heavy atom. The third kappa shape index (κ3) is 4.00. The van der Waals surface area contributed by atoms with E-state index in [4.69, 9.17) is 15.7 Å². The Balaban J connectivity index is 2.75. The second kappa shape index (κ2) is 6.08. The molecule has 1 atom stereocenters. The van der Waals surface area contributed by atoms with Crippen molar-refractivity contribution >= 4 is 11.5 Å². The number of nitrogens with zero attached hydrogens (tertiary/aromatic N) is 2. The molecule has 0 radical (unpaired) electrons. The van der Waals surface area contributed by atoms with Crippen LogP contribution in [-0.4, -0.2) is 28.7 Å². The molecule has 10 heteroatoms. The maximum Gasteiger partial charge on any atom is 0.402 e. The van der Waals surface area contributed by atoms with E-state index in [0.717, 1.165) is 24.3 Å². The molecule has 0 fully saturated rings. The standard InChI is InChI=1S/C10H10F3N3O4/c11-10(12,13)8(9(14)15-17)5-20-7-3-1-6(2-4-7)16(18)19/h1-4,8,17H,5H2,(H2,14,15). The Morgan fingerprint density at radius 1 is 1.45 bits per heavy atom. The molecular weight excluding hydrogens is 283 g/mol. The van der Waals surface area contributed by atoms with Crippen molar-refractivity contribution in [2.45, 2.75) is 6.18 Å². The molecule has 0 amide bonds. The van der Waals surface area contributed by atoms with Crippen LogP contribution in [0.15, 0.2) is 29.4 Å². The van der Waals surface area contributed by atoms with Gasteiger partial charge < -0.3 is 15.7 Å². The van der Waals surface area contributed by atoms with E-state index in [2.05, 4.69) is 5.16 Å². The Labute approximate surface area is 110 Å². The molecular formula is C10H10F3N3O4. The summed E-state index contributed by atoms with van der Waals surface area (Å²) < 4.78 is 42.6. The molecule has 1 aromatic rings. The molecule has 0 aliphatic heterocycles. The predicted molar refractivity (Wildman–Crippen MR) is 61.5 cm³/mol. The fourth-order valence-corrected chi connectivity index (χ4v) is 1.26. The maximum atomic E-state index is 12.6. The molecule has 0 heterocycles. The van der Waals surface area contributed by atoms with Crippen molar-refractivity contribution in [3.8, 4) is 5.75 Å². The van der Waals surface area contributed by atoms with Crippen LogP contribution in [0.25, 0.3) is 0 Å². The number of nitrogens with two attached hydrogens (primary N) is 1. The number of alkyl halides is 3. The molecule has 0 spiro atoms. The molecule has 0 bridgehead atoms. The molecule has 3 N–H and O–H groups in total. The van der Waals surface area contributed by atoms with Crippen LogP contribution in [0.4, 0.5) is 18.9 Å². The number of halogens is 3. The fourth-order valence-electron chi connectivity index (χ4n) is 1.26. The third-order valence-corrected chi connectivity index (χ3v) is 2.33. The Kier molecular flexibility index (Phi) is 4.73. The first-order chi connectivity index (χ1) is 9.25. The zero-order valence-corrected chi connectivity index (χ0v) is 9.87. The van der Waals surface area contributed by atoms with Gasteiger partial charge in [0.25, 0.3) is 5.69 Å². The molecule has 1 rings (SSSR count). The largest absolute Gasteiger partial charge is 0.492 e. The first kappa shape index (κ1) is 15.5. The molecule has 0 aliphatic rings. The number of non-ortho nitro benzene ring substituents is 1. The van der Waals surface area contributed by atoms with E-state index in [-0.39, 0.29) is 11.4 Å². The van der Waals surface area contributed by atoms with E-state index < -0.39 is 29.5 Å².